The monoisotopic (exact) mass is 430 g/mol. The second kappa shape index (κ2) is 12.7. The van der Waals surface area contributed by atoms with Crippen molar-refractivity contribution in [3.63, 3.8) is 0 Å². The molecule has 2 aliphatic carbocycles. The first kappa shape index (κ1) is 23.6. The highest BCUT2D eigenvalue weighted by molar-refractivity contribution is 5.88. The number of amides is 2. The fourth-order valence-corrected chi connectivity index (χ4v) is 4.60. The van der Waals surface area contributed by atoms with Crippen molar-refractivity contribution >= 4 is 11.8 Å². The average molecular weight is 431 g/mol. The van der Waals surface area contributed by atoms with E-state index < -0.39 is 6.04 Å². The molecular formula is C25H38N2O4. The van der Waals surface area contributed by atoms with Crippen LogP contribution in [0.4, 0.5) is 0 Å². The molecule has 172 valence electrons. The first-order valence-electron chi connectivity index (χ1n) is 11.9. The summed E-state index contributed by atoms with van der Waals surface area (Å²) in [4.78, 5) is 25.7. The van der Waals surface area contributed by atoms with Gasteiger partial charge in [-0.15, -0.1) is 0 Å². The summed E-state index contributed by atoms with van der Waals surface area (Å²) in [6.45, 7) is 1.30. The third kappa shape index (κ3) is 7.84. The summed E-state index contributed by atoms with van der Waals surface area (Å²) in [6.07, 6.45) is 11.4. The highest BCUT2D eigenvalue weighted by Gasteiger charge is 2.27. The van der Waals surface area contributed by atoms with Gasteiger partial charge in [-0.2, -0.15) is 0 Å². The van der Waals surface area contributed by atoms with Crippen LogP contribution in [0, 0.1) is 11.8 Å². The van der Waals surface area contributed by atoms with Crippen LogP contribution < -0.4 is 15.4 Å². The molecule has 1 atom stereocenters. The van der Waals surface area contributed by atoms with Crippen LogP contribution in [-0.4, -0.2) is 38.2 Å². The van der Waals surface area contributed by atoms with Gasteiger partial charge in [-0.1, -0.05) is 50.7 Å². The fourth-order valence-electron chi connectivity index (χ4n) is 4.60. The molecule has 2 N–H and O–H groups in total. The molecule has 6 nitrogen and oxygen atoms in total. The van der Waals surface area contributed by atoms with Crippen molar-refractivity contribution in [2.45, 2.75) is 76.8 Å². The number of carbonyl (C=O) groups excluding carboxylic acids is 2. The molecule has 0 aromatic heterocycles. The van der Waals surface area contributed by atoms with Crippen LogP contribution in [0.15, 0.2) is 24.3 Å². The van der Waals surface area contributed by atoms with Crippen LogP contribution >= 0.6 is 0 Å². The molecule has 2 amide bonds. The molecular weight excluding hydrogens is 392 g/mol. The third-order valence-corrected chi connectivity index (χ3v) is 6.60. The van der Waals surface area contributed by atoms with E-state index in [0.717, 1.165) is 37.0 Å². The van der Waals surface area contributed by atoms with Crippen LogP contribution in [0.2, 0.25) is 0 Å². The van der Waals surface area contributed by atoms with Crippen LogP contribution in [0.3, 0.4) is 0 Å². The fraction of sp³-hybridized carbons (Fsp3) is 0.680. The SMILES string of the molecule is COc1ccc(CNC(=O)[C@@H](COCC2CCCCC2)NC(=O)C2CCCCC2)cc1. The Hall–Kier alpha value is -2.08. The van der Waals surface area contributed by atoms with Gasteiger partial charge >= 0.3 is 0 Å². The maximum atomic E-state index is 12.9. The summed E-state index contributed by atoms with van der Waals surface area (Å²) in [5, 5.41) is 5.94. The number of hydrogen-bond donors (Lipinski definition) is 2. The van der Waals surface area contributed by atoms with Gasteiger partial charge in [0.1, 0.15) is 11.8 Å². The highest BCUT2D eigenvalue weighted by Crippen LogP contribution is 2.25. The van der Waals surface area contributed by atoms with Gasteiger partial charge in [0.25, 0.3) is 0 Å². The van der Waals surface area contributed by atoms with Crippen LogP contribution in [0.1, 0.15) is 69.8 Å². The molecule has 0 bridgehead atoms. The number of carbonyl (C=O) groups is 2. The summed E-state index contributed by atoms with van der Waals surface area (Å²) in [7, 11) is 1.63. The molecule has 0 unspecified atom stereocenters. The topological polar surface area (TPSA) is 76.7 Å². The Balaban J connectivity index is 1.52. The maximum absolute atomic E-state index is 12.9. The molecule has 2 aliphatic rings. The van der Waals surface area contributed by atoms with Crippen LogP contribution in [0.25, 0.3) is 0 Å². The molecule has 1 aromatic rings. The Morgan fingerprint density at radius 1 is 0.968 bits per heavy atom. The molecule has 0 spiro atoms. The van der Waals surface area contributed by atoms with Crippen molar-refractivity contribution in [1.29, 1.82) is 0 Å². The molecule has 0 heterocycles. The average Bonchev–Trinajstić information content (AvgIpc) is 2.83. The van der Waals surface area contributed by atoms with Crippen molar-refractivity contribution < 1.29 is 19.1 Å². The van der Waals surface area contributed by atoms with Gasteiger partial charge < -0.3 is 20.1 Å². The van der Waals surface area contributed by atoms with Crippen molar-refractivity contribution in [3.05, 3.63) is 29.8 Å². The summed E-state index contributed by atoms with van der Waals surface area (Å²) >= 11 is 0. The summed E-state index contributed by atoms with van der Waals surface area (Å²) < 4.78 is 11.1. The molecule has 1 aromatic carbocycles. The first-order valence-corrected chi connectivity index (χ1v) is 11.9. The van der Waals surface area contributed by atoms with Crippen molar-refractivity contribution in [3.8, 4) is 5.75 Å². The molecule has 0 saturated heterocycles. The molecule has 0 radical (unpaired) electrons. The summed E-state index contributed by atoms with van der Waals surface area (Å²) in [6, 6.07) is 6.94. The van der Waals surface area contributed by atoms with E-state index in [2.05, 4.69) is 10.6 Å². The Morgan fingerprint density at radius 3 is 2.26 bits per heavy atom. The second-order valence-corrected chi connectivity index (χ2v) is 9.00. The molecule has 6 heteroatoms. The largest absolute Gasteiger partial charge is 0.497 e. The van der Waals surface area contributed by atoms with Gasteiger partial charge in [-0.25, -0.2) is 0 Å². The zero-order valence-corrected chi connectivity index (χ0v) is 18.9. The zero-order chi connectivity index (χ0) is 21.9. The summed E-state index contributed by atoms with van der Waals surface area (Å²) in [5.74, 6) is 1.17. The lowest BCUT2D eigenvalue weighted by atomic mass is 9.88. The standard InChI is InChI=1S/C25H38N2O4/c1-30-22-14-12-19(13-15-22)16-26-25(29)23(18-31-17-20-8-4-2-5-9-20)27-24(28)21-10-6-3-7-11-21/h12-15,20-21,23H,2-11,16-18H2,1H3,(H,26,29)(H,27,28)/t23-/m1/s1. The molecule has 2 fully saturated rings. The van der Waals surface area contributed by atoms with E-state index in [9.17, 15) is 9.59 Å². The molecule has 31 heavy (non-hydrogen) atoms. The summed E-state index contributed by atoms with van der Waals surface area (Å²) in [5.41, 5.74) is 0.981. The van der Waals surface area contributed by atoms with E-state index in [1.54, 1.807) is 7.11 Å². The Kier molecular flexibility index (Phi) is 9.66. The minimum atomic E-state index is -0.656. The smallest absolute Gasteiger partial charge is 0.245 e. The van der Waals surface area contributed by atoms with Crippen LogP contribution in [0.5, 0.6) is 5.75 Å². The predicted octanol–water partition coefficient (Wildman–Crippen LogP) is 3.97. The van der Waals surface area contributed by atoms with E-state index in [4.69, 9.17) is 9.47 Å². The zero-order valence-electron chi connectivity index (χ0n) is 18.9. The van der Waals surface area contributed by atoms with E-state index in [1.807, 2.05) is 24.3 Å². The lowest BCUT2D eigenvalue weighted by Crippen LogP contribution is -2.51. The third-order valence-electron chi connectivity index (χ3n) is 6.60. The molecule has 2 saturated carbocycles. The van der Waals surface area contributed by atoms with E-state index in [0.29, 0.717) is 19.1 Å². The normalized spacial score (nSPS) is 18.9. The minimum Gasteiger partial charge on any atom is -0.497 e. The Labute approximate surface area is 186 Å². The number of rotatable bonds is 10. The van der Waals surface area contributed by atoms with Gasteiger partial charge in [0, 0.05) is 19.1 Å². The molecule has 3 rings (SSSR count). The number of nitrogens with one attached hydrogen (secondary N) is 2. The number of methoxy groups -OCH3 is 1. The van der Waals surface area contributed by atoms with Gasteiger partial charge in [0.2, 0.25) is 11.8 Å². The first-order chi connectivity index (χ1) is 15.2. The number of benzene rings is 1. The Bertz CT molecular complexity index is 679. The minimum absolute atomic E-state index is 0.00874. The lowest BCUT2D eigenvalue weighted by Gasteiger charge is -2.26. The lowest BCUT2D eigenvalue weighted by molar-refractivity contribution is -0.133. The maximum Gasteiger partial charge on any atom is 0.245 e. The van der Waals surface area contributed by atoms with Crippen molar-refractivity contribution in [1.82, 2.24) is 10.6 Å². The van der Waals surface area contributed by atoms with Gasteiger partial charge in [-0.3, -0.25) is 9.59 Å². The van der Waals surface area contributed by atoms with E-state index in [1.165, 1.54) is 38.5 Å². The van der Waals surface area contributed by atoms with Crippen molar-refractivity contribution in [2.24, 2.45) is 11.8 Å². The predicted molar refractivity (Wildman–Crippen MR) is 121 cm³/mol. The van der Waals surface area contributed by atoms with Gasteiger partial charge in [0.15, 0.2) is 0 Å². The molecule has 0 aliphatic heterocycles. The second-order valence-electron chi connectivity index (χ2n) is 9.00. The van der Waals surface area contributed by atoms with Crippen LogP contribution in [-0.2, 0) is 20.9 Å². The van der Waals surface area contributed by atoms with Gasteiger partial charge in [0.05, 0.1) is 13.7 Å². The Morgan fingerprint density at radius 2 is 1.61 bits per heavy atom. The van der Waals surface area contributed by atoms with Crippen molar-refractivity contribution in [2.75, 3.05) is 20.3 Å². The van der Waals surface area contributed by atoms with E-state index in [-0.39, 0.29) is 24.3 Å². The quantitative estimate of drug-likeness (QED) is 0.589. The van der Waals surface area contributed by atoms with Gasteiger partial charge in [-0.05, 0) is 49.3 Å². The number of ether oxygens (including phenoxy) is 2. The highest BCUT2D eigenvalue weighted by atomic mass is 16.5. The number of hydrogen-bond acceptors (Lipinski definition) is 4. The van der Waals surface area contributed by atoms with E-state index >= 15 is 0 Å².